The molecule has 2 aliphatic carbocycles. The van der Waals surface area contributed by atoms with Gasteiger partial charge in [0, 0.05) is 5.56 Å². The molecule has 4 unspecified atom stereocenters. The second-order valence-electron chi connectivity index (χ2n) is 14.6. The molecule has 0 radical (unpaired) electrons. The predicted octanol–water partition coefficient (Wildman–Crippen LogP) is 9.15. The lowest BCUT2D eigenvalue weighted by atomic mass is 9.38. The summed E-state index contributed by atoms with van der Waals surface area (Å²) in [6.07, 6.45) is 7.32. The summed E-state index contributed by atoms with van der Waals surface area (Å²) in [4.78, 5) is 44.8. The monoisotopic (exact) mass is 616 g/mol. The lowest BCUT2D eigenvalue weighted by molar-refractivity contribution is -0.177. The van der Waals surface area contributed by atoms with Crippen molar-refractivity contribution < 1.29 is 29.7 Å². The van der Waals surface area contributed by atoms with Gasteiger partial charge in [0.1, 0.15) is 16.7 Å². The molecule has 0 spiro atoms. The van der Waals surface area contributed by atoms with Crippen molar-refractivity contribution in [1.29, 1.82) is 0 Å². The number of allylic oxidation sites excluding steroid dienone is 7. The molecule has 0 aliphatic heterocycles. The van der Waals surface area contributed by atoms with E-state index in [4.69, 9.17) is 0 Å². The third-order valence-corrected chi connectivity index (χ3v) is 10.5. The smallest absolute Gasteiger partial charge is 0.184 e. The fraction of sp³-hybridized carbons (Fsp3) is 0.513. The van der Waals surface area contributed by atoms with Crippen LogP contribution < -0.4 is 0 Å². The molecule has 2 fully saturated rings. The Balaban J connectivity index is 2.38. The second kappa shape index (κ2) is 13.4. The summed E-state index contributed by atoms with van der Waals surface area (Å²) in [6, 6.07) is 3.66. The zero-order chi connectivity index (χ0) is 34.1. The van der Waals surface area contributed by atoms with E-state index in [0.29, 0.717) is 12.8 Å². The zero-order valence-electron chi connectivity index (χ0n) is 28.5. The highest BCUT2D eigenvalue weighted by atomic mass is 16.3. The average Bonchev–Trinajstić information content (AvgIpc) is 2.93. The fourth-order valence-corrected chi connectivity index (χ4v) is 7.36. The number of fused-ring (bicyclic) bond motifs is 2. The summed E-state index contributed by atoms with van der Waals surface area (Å²) in [6.45, 7) is 23.9. The van der Waals surface area contributed by atoms with Crippen molar-refractivity contribution in [2.45, 2.75) is 100 Å². The van der Waals surface area contributed by atoms with Gasteiger partial charge in [-0.3, -0.25) is 14.4 Å². The van der Waals surface area contributed by atoms with Gasteiger partial charge in [0.2, 0.25) is 0 Å². The molecule has 6 heteroatoms. The van der Waals surface area contributed by atoms with Crippen LogP contribution in [0.25, 0.3) is 5.76 Å². The second-order valence-corrected chi connectivity index (χ2v) is 14.6. The number of aliphatic hydroxyl groups is 1. The van der Waals surface area contributed by atoms with Crippen LogP contribution in [-0.2, 0) is 14.4 Å². The quantitative estimate of drug-likeness (QED) is 0.0539. The first-order valence-electron chi connectivity index (χ1n) is 16.0. The van der Waals surface area contributed by atoms with E-state index in [0.717, 1.165) is 41.2 Å². The topological polar surface area (TPSA) is 112 Å². The Kier molecular flexibility index (Phi) is 10.6. The molecule has 6 nitrogen and oxygen atoms in total. The van der Waals surface area contributed by atoms with E-state index in [1.807, 2.05) is 61.5 Å². The molecule has 1 aromatic carbocycles. The average molecular weight is 617 g/mol. The normalized spacial score (nSPS) is 25.8. The Bertz CT molecular complexity index is 1490. The molecule has 3 N–H and O–H groups in total. The number of carbonyl (C=O) groups excluding carboxylic acids is 3. The van der Waals surface area contributed by atoms with Crippen LogP contribution in [0, 0.1) is 28.1 Å². The summed E-state index contributed by atoms with van der Waals surface area (Å²) in [5, 5.41) is 31.8. The molecule has 2 bridgehead atoms. The van der Waals surface area contributed by atoms with Gasteiger partial charge >= 0.3 is 0 Å². The molecule has 45 heavy (non-hydrogen) atoms. The first-order valence-corrected chi connectivity index (χ1v) is 16.0. The van der Waals surface area contributed by atoms with Crippen LogP contribution in [0.15, 0.2) is 71.4 Å². The number of aromatic hydroxyl groups is 2. The number of hydrogen-bond acceptors (Lipinski definition) is 6. The molecule has 244 valence electrons. The highest BCUT2D eigenvalue weighted by molar-refractivity contribution is 6.41. The summed E-state index contributed by atoms with van der Waals surface area (Å²) in [5.74, 6) is -3.29. The van der Waals surface area contributed by atoms with E-state index in [1.165, 1.54) is 12.1 Å². The van der Waals surface area contributed by atoms with Gasteiger partial charge in [0.05, 0.1) is 5.41 Å². The molecular weight excluding hydrogens is 564 g/mol. The molecule has 0 aromatic heterocycles. The number of hydrogen-bond donors (Lipinski definition) is 3. The molecule has 1 aromatic rings. The van der Waals surface area contributed by atoms with E-state index < -0.39 is 50.6 Å². The van der Waals surface area contributed by atoms with E-state index in [2.05, 4.69) is 19.2 Å². The van der Waals surface area contributed by atoms with Gasteiger partial charge in [-0.2, -0.15) is 0 Å². The molecule has 4 atom stereocenters. The number of rotatable bonds is 12. The minimum atomic E-state index is -1.60. The van der Waals surface area contributed by atoms with Crippen molar-refractivity contribution in [3.8, 4) is 11.5 Å². The molecule has 2 aliphatic rings. The summed E-state index contributed by atoms with van der Waals surface area (Å²) in [5.41, 5.74) is -0.311. The van der Waals surface area contributed by atoms with E-state index in [9.17, 15) is 24.9 Å². The summed E-state index contributed by atoms with van der Waals surface area (Å²) < 4.78 is 0. The predicted molar refractivity (Wildman–Crippen MR) is 181 cm³/mol. The van der Waals surface area contributed by atoms with E-state index in [-0.39, 0.29) is 42.4 Å². The minimum Gasteiger partial charge on any atom is -0.506 e. The summed E-state index contributed by atoms with van der Waals surface area (Å²) >= 11 is 0. The number of benzene rings is 1. The van der Waals surface area contributed by atoms with Gasteiger partial charge < -0.3 is 15.3 Å². The number of carbonyl (C=O) groups is 3. The van der Waals surface area contributed by atoms with E-state index >= 15 is 4.79 Å². The highest BCUT2D eigenvalue weighted by Gasteiger charge is 2.73. The Morgan fingerprint density at radius 1 is 0.933 bits per heavy atom. The number of phenols is 2. The maximum atomic E-state index is 15.1. The molecule has 3 rings (SSSR count). The molecular formula is C39H52O6. The van der Waals surface area contributed by atoms with Crippen LogP contribution in [0.3, 0.4) is 0 Å². The Labute approximate surface area is 269 Å². The van der Waals surface area contributed by atoms with Gasteiger partial charge in [0.25, 0.3) is 0 Å². The molecule has 0 amide bonds. The first kappa shape index (κ1) is 35.8. The standard InChI is InChI=1S/C39H52O6/c1-23(2)11-13-27(26(7)8)18-19-38-22-29(15-12-24(3)4)37(9,10)39(36(38)45,20-17-25(5)6)35(44)32(34(38)43)33(42)28-14-16-30(40)31(41)21-28/h12,14,16-17,21,27,29,40-42H,1,7,11,13,15,18-20,22H2,2-6,8-10H3. The summed E-state index contributed by atoms with van der Waals surface area (Å²) in [7, 11) is 0. The van der Waals surface area contributed by atoms with Crippen molar-refractivity contribution in [3.05, 3.63) is 76.9 Å². The van der Waals surface area contributed by atoms with Crippen molar-refractivity contribution >= 4 is 23.1 Å². The van der Waals surface area contributed by atoms with Crippen molar-refractivity contribution in [2.24, 2.45) is 28.1 Å². The van der Waals surface area contributed by atoms with Crippen molar-refractivity contribution in [2.75, 3.05) is 0 Å². The number of ketones is 3. The van der Waals surface area contributed by atoms with Crippen LogP contribution in [-0.4, -0.2) is 32.7 Å². The Hall–Kier alpha value is -3.67. The fourth-order valence-electron chi connectivity index (χ4n) is 7.36. The molecule has 2 saturated carbocycles. The molecule has 0 saturated heterocycles. The minimum absolute atomic E-state index is 0.0158. The van der Waals surface area contributed by atoms with Gasteiger partial charge in [-0.25, -0.2) is 0 Å². The third kappa shape index (κ3) is 6.52. The lowest BCUT2D eigenvalue weighted by Gasteiger charge is -2.60. The first-order chi connectivity index (χ1) is 20.8. The van der Waals surface area contributed by atoms with Crippen molar-refractivity contribution in [3.63, 3.8) is 0 Å². The van der Waals surface area contributed by atoms with Gasteiger partial charge in [-0.15, -0.1) is 6.58 Å². The van der Waals surface area contributed by atoms with Gasteiger partial charge in [0.15, 0.2) is 28.8 Å². The van der Waals surface area contributed by atoms with Crippen molar-refractivity contribution in [1.82, 2.24) is 0 Å². The van der Waals surface area contributed by atoms with Gasteiger partial charge in [-0.1, -0.05) is 54.9 Å². The maximum absolute atomic E-state index is 15.1. The van der Waals surface area contributed by atoms with Crippen LogP contribution in [0.2, 0.25) is 0 Å². The third-order valence-electron chi connectivity index (χ3n) is 10.5. The Morgan fingerprint density at radius 2 is 1.56 bits per heavy atom. The molecule has 0 heterocycles. The van der Waals surface area contributed by atoms with Crippen LogP contribution >= 0.6 is 0 Å². The van der Waals surface area contributed by atoms with Crippen LogP contribution in [0.4, 0.5) is 0 Å². The lowest BCUT2D eigenvalue weighted by Crippen LogP contribution is -2.69. The zero-order valence-corrected chi connectivity index (χ0v) is 28.5. The number of phenolic OH excluding ortho intramolecular Hbond substituents is 2. The maximum Gasteiger partial charge on any atom is 0.184 e. The van der Waals surface area contributed by atoms with Gasteiger partial charge in [-0.05, 0) is 122 Å². The Morgan fingerprint density at radius 3 is 2.09 bits per heavy atom. The van der Waals surface area contributed by atoms with Crippen LogP contribution in [0.1, 0.15) is 106 Å². The SMILES string of the molecule is C=C(C)CCC(CCC12CC(CC=C(C)C)C(C)(C)C(CC=C(C)C)(C(=O)C(=C(O)c3ccc(O)c(O)c3)C1=O)C2=O)C(=C)C. The van der Waals surface area contributed by atoms with E-state index in [1.54, 1.807) is 0 Å². The number of aliphatic hydroxyl groups excluding tert-OH is 1. The van der Waals surface area contributed by atoms with Crippen LogP contribution in [0.5, 0.6) is 11.5 Å². The largest absolute Gasteiger partial charge is 0.506 e. The highest BCUT2D eigenvalue weighted by Crippen LogP contribution is 2.66. The number of Topliss-reactive ketones (excluding diaryl/α,β-unsaturated/α-hetero) is 3.